The van der Waals surface area contributed by atoms with E-state index >= 15 is 0 Å². The molecule has 0 spiro atoms. The van der Waals surface area contributed by atoms with Gasteiger partial charge in [0, 0.05) is 24.5 Å². The lowest BCUT2D eigenvalue weighted by atomic mass is 9.91. The standard InChI is InChI=1S/C21H20O4/c1-13-9-16(24-3)12-20-21(13)19(23)11-17(25-20)10-18(14(2)22)15-7-5-4-6-8-15/h4-9,11-12,18H,10H2,1-3H3. The summed E-state index contributed by atoms with van der Waals surface area (Å²) in [6.45, 7) is 3.41. The largest absolute Gasteiger partial charge is 0.497 e. The van der Waals surface area contributed by atoms with Gasteiger partial charge in [-0.25, -0.2) is 0 Å². The monoisotopic (exact) mass is 336 g/mol. The first-order valence-corrected chi connectivity index (χ1v) is 8.16. The number of fused-ring (bicyclic) bond motifs is 1. The van der Waals surface area contributed by atoms with Crippen molar-refractivity contribution in [3.05, 3.63) is 75.6 Å². The van der Waals surface area contributed by atoms with Gasteiger partial charge in [-0.15, -0.1) is 0 Å². The third kappa shape index (κ3) is 3.48. The Balaban J connectivity index is 2.06. The van der Waals surface area contributed by atoms with Crippen LogP contribution in [0.3, 0.4) is 0 Å². The third-order valence-electron chi connectivity index (χ3n) is 4.39. The van der Waals surface area contributed by atoms with E-state index in [1.54, 1.807) is 26.2 Å². The molecule has 1 heterocycles. The van der Waals surface area contributed by atoms with Crippen LogP contribution in [0.5, 0.6) is 5.75 Å². The Hall–Kier alpha value is -2.88. The Labute approximate surface area is 146 Å². The average Bonchev–Trinajstić information content (AvgIpc) is 2.59. The Morgan fingerprint density at radius 1 is 1.16 bits per heavy atom. The highest BCUT2D eigenvalue weighted by Gasteiger charge is 2.20. The van der Waals surface area contributed by atoms with Gasteiger partial charge in [-0.3, -0.25) is 9.59 Å². The third-order valence-corrected chi connectivity index (χ3v) is 4.39. The van der Waals surface area contributed by atoms with Gasteiger partial charge in [-0.05, 0) is 31.0 Å². The van der Waals surface area contributed by atoms with Crippen LogP contribution in [0.25, 0.3) is 11.0 Å². The van der Waals surface area contributed by atoms with E-state index in [9.17, 15) is 9.59 Å². The molecule has 4 nitrogen and oxygen atoms in total. The lowest BCUT2D eigenvalue weighted by Crippen LogP contribution is -2.14. The molecular formula is C21H20O4. The first-order valence-electron chi connectivity index (χ1n) is 8.16. The van der Waals surface area contributed by atoms with E-state index in [4.69, 9.17) is 9.15 Å². The minimum atomic E-state index is -0.339. The molecule has 0 fully saturated rings. The van der Waals surface area contributed by atoms with Crippen molar-refractivity contribution in [3.63, 3.8) is 0 Å². The predicted molar refractivity (Wildman–Crippen MR) is 97.3 cm³/mol. The molecule has 0 aliphatic heterocycles. The summed E-state index contributed by atoms with van der Waals surface area (Å²) in [4.78, 5) is 24.6. The number of ketones is 1. The molecule has 0 saturated carbocycles. The Kier molecular flexibility index (Phi) is 4.70. The van der Waals surface area contributed by atoms with E-state index in [0.717, 1.165) is 11.1 Å². The van der Waals surface area contributed by atoms with Gasteiger partial charge in [0.15, 0.2) is 5.43 Å². The number of hydrogen-bond donors (Lipinski definition) is 0. The topological polar surface area (TPSA) is 56.5 Å². The van der Waals surface area contributed by atoms with Crippen LogP contribution >= 0.6 is 0 Å². The van der Waals surface area contributed by atoms with Gasteiger partial charge in [-0.2, -0.15) is 0 Å². The maximum absolute atomic E-state index is 12.5. The second-order valence-electron chi connectivity index (χ2n) is 6.17. The highest BCUT2D eigenvalue weighted by atomic mass is 16.5. The molecular weight excluding hydrogens is 316 g/mol. The number of hydrogen-bond acceptors (Lipinski definition) is 4. The number of methoxy groups -OCH3 is 1. The summed E-state index contributed by atoms with van der Waals surface area (Å²) < 4.78 is 11.2. The lowest BCUT2D eigenvalue weighted by molar-refractivity contribution is -0.118. The van der Waals surface area contributed by atoms with Gasteiger partial charge in [0.2, 0.25) is 0 Å². The fraction of sp³-hybridized carbons (Fsp3) is 0.238. The van der Waals surface area contributed by atoms with Crippen molar-refractivity contribution in [2.75, 3.05) is 7.11 Å². The highest BCUT2D eigenvalue weighted by Crippen LogP contribution is 2.26. The van der Waals surface area contributed by atoms with Gasteiger partial charge in [0.25, 0.3) is 0 Å². The summed E-state index contributed by atoms with van der Waals surface area (Å²) >= 11 is 0. The lowest BCUT2D eigenvalue weighted by Gasteiger charge is -2.14. The average molecular weight is 336 g/mol. The van der Waals surface area contributed by atoms with Crippen molar-refractivity contribution in [1.82, 2.24) is 0 Å². The first kappa shape index (κ1) is 17.0. The van der Waals surface area contributed by atoms with Crippen LogP contribution in [0.4, 0.5) is 0 Å². The predicted octanol–water partition coefficient (Wildman–Crippen LogP) is 4.03. The highest BCUT2D eigenvalue weighted by molar-refractivity contribution is 5.84. The van der Waals surface area contributed by atoms with Crippen molar-refractivity contribution >= 4 is 16.8 Å². The zero-order valence-electron chi connectivity index (χ0n) is 14.5. The van der Waals surface area contributed by atoms with E-state index in [1.807, 2.05) is 37.3 Å². The number of benzene rings is 2. The van der Waals surface area contributed by atoms with Gasteiger partial charge in [0.05, 0.1) is 12.5 Å². The normalized spacial score (nSPS) is 12.1. The van der Waals surface area contributed by atoms with Crippen molar-refractivity contribution in [2.24, 2.45) is 0 Å². The molecule has 2 aromatic carbocycles. The smallest absolute Gasteiger partial charge is 0.193 e. The molecule has 4 heteroatoms. The molecule has 1 atom stereocenters. The van der Waals surface area contributed by atoms with Crippen LogP contribution in [0, 0.1) is 6.92 Å². The zero-order valence-corrected chi connectivity index (χ0v) is 14.5. The molecule has 3 rings (SSSR count). The number of carbonyl (C=O) groups is 1. The maximum atomic E-state index is 12.5. The van der Waals surface area contributed by atoms with Crippen molar-refractivity contribution in [2.45, 2.75) is 26.2 Å². The second-order valence-corrected chi connectivity index (χ2v) is 6.17. The fourth-order valence-corrected chi connectivity index (χ4v) is 3.11. The molecule has 0 radical (unpaired) electrons. The SMILES string of the molecule is COc1cc(C)c2c(=O)cc(CC(C(C)=O)c3ccccc3)oc2c1. The minimum Gasteiger partial charge on any atom is -0.497 e. The molecule has 128 valence electrons. The summed E-state index contributed by atoms with van der Waals surface area (Å²) in [7, 11) is 1.57. The van der Waals surface area contributed by atoms with Crippen LogP contribution in [0.1, 0.15) is 29.7 Å². The molecule has 0 amide bonds. The zero-order chi connectivity index (χ0) is 18.0. The van der Waals surface area contributed by atoms with Crippen molar-refractivity contribution in [1.29, 1.82) is 0 Å². The molecule has 0 aliphatic rings. The quantitative estimate of drug-likeness (QED) is 0.706. The number of carbonyl (C=O) groups excluding carboxylic acids is 1. The molecule has 25 heavy (non-hydrogen) atoms. The van der Waals surface area contributed by atoms with E-state index < -0.39 is 0 Å². The number of aryl methyl sites for hydroxylation is 1. The van der Waals surface area contributed by atoms with E-state index in [2.05, 4.69) is 0 Å². The molecule has 0 bridgehead atoms. The summed E-state index contributed by atoms with van der Waals surface area (Å²) in [5.41, 5.74) is 2.10. The van der Waals surface area contributed by atoms with Gasteiger partial charge in [0.1, 0.15) is 22.9 Å². The summed E-state index contributed by atoms with van der Waals surface area (Å²) in [6, 6.07) is 14.5. The summed E-state index contributed by atoms with van der Waals surface area (Å²) in [6.07, 6.45) is 0.348. The van der Waals surface area contributed by atoms with Gasteiger partial charge in [-0.1, -0.05) is 30.3 Å². The van der Waals surface area contributed by atoms with Crippen molar-refractivity contribution < 1.29 is 13.9 Å². The summed E-state index contributed by atoms with van der Waals surface area (Å²) in [5.74, 6) is 0.829. The fourth-order valence-electron chi connectivity index (χ4n) is 3.11. The van der Waals surface area contributed by atoms with E-state index in [1.165, 1.54) is 6.07 Å². The van der Waals surface area contributed by atoms with Crippen molar-refractivity contribution in [3.8, 4) is 5.75 Å². The maximum Gasteiger partial charge on any atom is 0.193 e. The Morgan fingerprint density at radius 2 is 1.88 bits per heavy atom. The molecule has 1 aromatic heterocycles. The molecule has 1 unspecified atom stereocenters. The summed E-state index contributed by atoms with van der Waals surface area (Å²) in [5, 5.41) is 0.545. The van der Waals surface area contributed by atoms with Crippen LogP contribution in [-0.4, -0.2) is 12.9 Å². The van der Waals surface area contributed by atoms with Crippen LogP contribution in [-0.2, 0) is 11.2 Å². The molecule has 3 aromatic rings. The Bertz CT molecular complexity index is 970. The van der Waals surface area contributed by atoms with E-state index in [0.29, 0.717) is 28.9 Å². The first-order chi connectivity index (χ1) is 12.0. The molecule has 0 aliphatic carbocycles. The van der Waals surface area contributed by atoms with Gasteiger partial charge >= 0.3 is 0 Å². The minimum absolute atomic E-state index is 0.0377. The van der Waals surface area contributed by atoms with Gasteiger partial charge < -0.3 is 9.15 Å². The van der Waals surface area contributed by atoms with Crippen LogP contribution < -0.4 is 10.2 Å². The Morgan fingerprint density at radius 3 is 2.52 bits per heavy atom. The second kappa shape index (κ2) is 6.93. The number of rotatable bonds is 5. The van der Waals surface area contributed by atoms with Crippen LogP contribution in [0.2, 0.25) is 0 Å². The van der Waals surface area contributed by atoms with Crippen LogP contribution in [0.15, 0.2) is 57.7 Å². The number of ether oxygens (including phenoxy) is 1. The molecule has 0 saturated heterocycles. The molecule has 0 N–H and O–H groups in total. The number of Topliss-reactive ketones (excluding diaryl/α,β-unsaturated/α-hetero) is 1. The van der Waals surface area contributed by atoms with E-state index in [-0.39, 0.29) is 17.1 Å².